The highest BCUT2D eigenvalue weighted by Crippen LogP contribution is 2.27. The van der Waals surface area contributed by atoms with Gasteiger partial charge in [0, 0.05) is 41.4 Å². The minimum Gasteiger partial charge on any atom is -0.493 e. The summed E-state index contributed by atoms with van der Waals surface area (Å²) in [6, 6.07) is 12.1. The van der Waals surface area contributed by atoms with Gasteiger partial charge >= 0.3 is 0 Å². The number of fused-ring (bicyclic) bond motifs is 1. The molecule has 0 unspecified atom stereocenters. The number of amides is 3. The molecule has 1 heterocycles. The molecular weight excluding hydrogens is 436 g/mol. The summed E-state index contributed by atoms with van der Waals surface area (Å²) >= 11 is 0. The van der Waals surface area contributed by atoms with Crippen LogP contribution in [-0.4, -0.2) is 61.0 Å². The Morgan fingerprint density at radius 2 is 1.68 bits per heavy atom. The molecule has 2 aromatic carbocycles. The predicted molar refractivity (Wildman–Crippen MR) is 130 cm³/mol. The molecule has 9 heteroatoms. The third kappa shape index (κ3) is 5.67. The first-order chi connectivity index (χ1) is 16.4. The number of nitrogens with one attached hydrogen (secondary N) is 2. The number of ether oxygens (including phenoxy) is 2. The Bertz CT molecular complexity index is 1180. The quantitative estimate of drug-likeness (QED) is 0.478. The monoisotopic (exact) mass is 466 g/mol. The summed E-state index contributed by atoms with van der Waals surface area (Å²) in [5.41, 5.74) is 1.86. The highest BCUT2D eigenvalue weighted by molar-refractivity contribution is 6.00. The lowest BCUT2D eigenvalue weighted by Gasteiger charge is -2.19. The van der Waals surface area contributed by atoms with Crippen LogP contribution in [0.25, 0.3) is 10.9 Å². The van der Waals surface area contributed by atoms with Gasteiger partial charge in [-0.3, -0.25) is 14.4 Å². The largest absolute Gasteiger partial charge is 0.493 e. The average Bonchev–Trinajstić information content (AvgIpc) is 3.24. The van der Waals surface area contributed by atoms with E-state index in [2.05, 4.69) is 10.6 Å². The van der Waals surface area contributed by atoms with E-state index in [0.717, 1.165) is 10.9 Å². The van der Waals surface area contributed by atoms with Gasteiger partial charge in [-0.1, -0.05) is 0 Å². The summed E-state index contributed by atoms with van der Waals surface area (Å²) in [5.74, 6) is 0.244. The number of hydrogen-bond acceptors (Lipinski definition) is 5. The van der Waals surface area contributed by atoms with Crippen LogP contribution in [-0.2, 0) is 16.1 Å². The average molecular weight is 467 g/mol. The van der Waals surface area contributed by atoms with Crippen molar-refractivity contribution in [2.45, 2.75) is 20.4 Å². The molecule has 0 saturated carbocycles. The molecule has 3 amide bonds. The zero-order chi connectivity index (χ0) is 24.7. The fraction of sp³-hybridized carbons (Fsp3) is 0.320. The fourth-order valence-corrected chi connectivity index (χ4v) is 3.68. The van der Waals surface area contributed by atoms with Crippen molar-refractivity contribution in [3.63, 3.8) is 0 Å². The van der Waals surface area contributed by atoms with E-state index in [-0.39, 0.29) is 24.9 Å². The van der Waals surface area contributed by atoms with E-state index in [1.807, 2.05) is 42.8 Å². The number of anilines is 1. The molecule has 3 rings (SSSR count). The third-order valence-corrected chi connectivity index (χ3v) is 5.53. The predicted octanol–water partition coefficient (Wildman–Crippen LogP) is 2.90. The zero-order valence-electron chi connectivity index (χ0n) is 19.9. The molecule has 180 valence electrons. The zero-order valence-corrected chi connectivity index (χ0v) is 19.9. The topological polar surface area (TPSA) is 102 Å². The van der Waals surface area contributed by atoms with E-state index in [1.165, 1.54) is 14.2 Å². The highest BCUT2D eigenvalue weighted by atomic mass is 16.5. The number of rotatable bonds is 10. The Balaban J connectivity index is 1.59. The molecule has 3 aromatic rings. The van der Waals surface area contributed by atoms with E-state index in [0.29, 0.717) is 35.8 Å². The molecule has 0 aliphatic heterocycles. The first-order valence-electron chi connectivity index (χ1n) is 11.1. The summed E-state index contributed by atoms with van der Waals surface area (Å²) in [6.07, 6.45) is 1.86. The van der Waals surface area contributed by atoms with Gasteiger partial charge < -0.3 is 29.6 Å². The molecule has 0 atom stereocenters. The van der Waals surface area contributed by atoms with Crippen LogP contribution in [0.5, 0.6) is 11.5 Å². The minimum absolute atomic E-state index is 0.0603. The molecule has 0 aliphatic rings. The van der Waals surface area contributed by atoms with Crippen molar-refractivity contribution in [2.75, 3.05) is 39.2 Å². The van der Waals surface area contributed by atoms with E-state index in [9.17, 15) is 14.4 Å². The number of hydrogen-bond donors (Lipinski definition) is 2. The van der Waals surface area contributed by atoms with Gasteiger partial charge in [0.15, 0.2) is 11.5 Å². The van der Waals surface area contributed by atoms with Gasteiger partial charge in [-0.25, -0.2) is 0 Å². The van der Waals surface area contributed by atoms with Crippen molar-refractivity contribution in [1.29, 1.82) is 0 Å². The highest BCUT2D eigenvalue weighted by Gasteiger charge is 2.14. The second kappa shape index (κ2) is 11.2. The SMILES string of the molecule is CCN(CC)C(=O)Cn1ccc2cc(NC(=O)CNC(=O)c3ccc(OC)c(OC)c3)ccc21. The van der Waals surface area contributed by atoms with Gasteiger partial charge in [-0.15, -0.1) is 0 Å². The number of likely N-dealkylation sites (N-methyl/N-ethyl adjacent to an activating group) is 1. The molecule has 0 fully saturated rings. The molecule has 0 bridgehead atoms. The minimum atomic E-state index is -0.401. The van der Waals surface area contributed by atoms with Gasteiger partial charge in [0.2, 0.25) is 11.8 Å². The molecule has 0 saturated heterocycles. The molecule has 0 aliphatic carbocycles. The van der Waals surface area contributed by atoms with Crippen LogP contribution in [0.4, 0.5) is 5.69 Å². The lowest BCUT2D eigenvalue weighted by Crippen LogP contribution is -2.33. The maximum atomic E-state index is 12.4. The van der Waals surface area contributed by atoms with Crippen LogP contribution >= 0.6 is 0 Å². The first kappa shape index (κ1) is 24.6. The van der Waals surface area contributed by atoms with E-state index < -0.39 is 5.91 Å². The van der Waals surface area contributed by atoms with Crippen LogP contribution < -0.4 is 20.1 Å². The summed E-state index contributed by atoms with van der Waals surface area (Å²) in [6.45, 7) is 5.34. The van der Waals surface area contributed by atoms with Crippen molar-refractivity contribution in [2.24, 2.45) is 0 Å². The Hall–Kier alpha value is -4.01. The Labute approximate surface area is 198 Å². The van der Waals surface area contributed by atoms with Crippen molar-refractivity contribution >= 4 is 34.3 Å². The molecule has 1 aromatic heterocycles. The van der Waals surface area contributed by atoms with Crippen LogP contribution in [0.1, 0.15) is 24.2 Å². The molecule has 2 N–H and O–H groups in total. The van der Waals surface area contributed by atoms with Crippen molar-refractivity contribution in [1.82, 2.24) is 14.8 Å². The standard InChI is InChI=1S/C25H30N4O5/c1-5-28(6-2)24(31)16-29-12-11-17-13-19(8-9-20(17)29)27-23(30)15-26-25(32)18-7-10-21(33-3)22(14-18)34-4/h7-14H,5-6,15-16H2,1-4H3,(H,26,32)(H,27,30). The summed E-state index contributed by atoms with van der Waals surface area (Å²) in [5, 5.41) is 6.29. The normalized spacial score (nSPS) is 10.6. The van der Waals surface area contributed by atoms with E-state index in [1.54, 1.807) is 29.2 Å². The van der Waals surface area contributed by atoms with Crippen molar-refractivity contribution < 1.29 is 23.9 Å². The van der Waals surface area contributed by atoms with Crippen LogP contribution in [0.3, 0.4) is 0 Å². The van der Waals surface area contributed by atoms with Gasteiger partial charge in [0.25, 0.3) is 5.91 Å². The van der Waals surface area contributed by atoms with E-state index in [4.69, 9.17) is 9.47 Å². The van der Waals surface area contributed by atoms with Crippen molar-refractivity contribution in [3.05, 3.63) is 54.2 Å². The molecule has 9 nitrogen and oxygen atoms in total. The number of benzene rings is 2. The Morgan fingerprint density at radius 1 is 0.941 bits per heavy atom. The maximum Gasteiger partial charge on any atom is 0.251 e. The Kier molecular flexibility index (Phi) is 8.13. The molecule has 0 radical (unpaired) electrons. The van der Waals surface area contributed by atoms with Gasteiger partial charge in [-0.05, 0) is 56.3 Å². The number of carbonyl (C=O) groups excluding carboxylic acids is 3. The fourth-order valence-electron chi connectivity index (χ4n) is 3.68. The van der Waals surface area contributed by atoms with Crippen molar-refractivity contribution in [3.8, 4) is 11.5 Å². The second-order valence-corrected chi connectivity index (χ2v) is 7.58. The number of nitrogens with zero attached hydrogens (tertiary/aromatic N) is 2. The van der Waals surface area contributed by atoms with Crippen LogP contribution in [0.15, 0.2) is 48.7 Å². The lowest BCUT2D eigenvalue weighted by molar-refractivity contribution is -0.131. The van der Waals surface area contributed by atoms with E-state index >= 15 is 0 Å². The second-order valence-electron chi connectivity index (χ2n) is 7.58. The number of aromatic nitrogens is 1. The van der Waals surface area contributed by atoms with Gasteiger partial charge in [-0.2, -0.15) is 0 Å². The number of methoxy groups -OCH3 is 2. The number of carbonyl (C=O) groups is 3. The van der Waals surface area contributed by atoms with Gasteiger partial charge in [0.05, 0.1) is 20.8 Å². The molecule has 0 spiro atoms. The van der Waals surface area contributed by atoms with Gasteiger partial charge in [0.1, 0.15) is 6.54 Å². The molecule has 34 heavy (non-hydrogen) atoms. The summed E-state index contributed by atoms with van der Waals surface area (Å²) < 4.78 is 12.3. The first-order valence-corrected chi connectivity index (χ1v) is 11.1. The third-order valence-electron chi connectivity index (χ3n) is 5.53. The smallest absolute Gasteiger partial charge is 0.251 e. The maximum absolute atomic E-state index is 12.4. The summed E-state index contributed by atoms with van der Waals surface area (Å²) in [4.78, 5) is 39.0. The molecular formula is C25H30N4O5. The Morgan fingerprint density at radius 3 is 2.35 bits per heavy atom. The van der Waals surface area contributed by atoms with Crippen LogP contribution in [0, 0.1) is 0 Å². The lowest BCUT2D eigenvalue weighted by atomic mass is 10.2. The summed E-state index contributed by atoms with van der Waals surface area (Å²) in [7, 11) is 3.00. The van der Waals surface area contributed by atoms with Crippen LogP contribution in [0.2, 0.25) is 0 Å².